The molecule has 3 nitrogen and oxygen atoms in total. The van der Waals surface area contributed by atoms with Crippen molar-refractivity contribution in [3.63, 3.8) is 0 Å². The van der Waals surface area contributed by atoms with Gasteiger partial charge in [0, 0.05) is 16.3 Å². The van der Waals surface area contributed by atoms with Crippen LogP contribution in [0.4, 0.5) is 13.2 Å². The lowest BCUT2D eigenvalue weighted by Gasteiger charge is -2.08. The second-order valence-corrected chi connectivity index (χ2v) is 4.55. The zero-order valence-electron chi connectivity index (χ0n) is 10.5. The maximum absolute atomic E-state index is 12.8. The maximum Gasteiger partial charge on any atom is 0.472 e. The molecule has 0 radical (unpaired) electrons. The molecule has 6 heteroatoms. The number of para-hydroxylation sites is 1. The summed E-state index contributed by atoms with van der Waals surface area (Å²) in [4.78, 5) is 22.5. The van der Waals surface area contributed by atoms with Crippen LogP contribution in [0.25, 0.3) is 21.8 Å². The van der Waals surface area contributed by atoms with Gasteiger partial charge in [-0.1, -0.05) is 18.2 Å². The predicted molar refractivity (Wildman–Crippen MR) is 71.5 cm³/mol. The number of fused-ring (bicyclic) bond motifs is 3. The first-order valence-corrected chi connectivity index (χ1v) is 6.03. The molecule has 0 atom stereocenters. The first-order chi connectivity index (χ1) is 9.93. The molecule has 21 heavy (non-hydrogen) atoms. The predicted octanol–water partition coefficient (Wildman–Crippen LogP) is 3.81. The summed E-state index contributed by atoms with van der Waals surface area (Å²) in [6.07, 6.45) is -4.37. The Morgan fingerprint density at radius 3 is 2.33 bits per heavy atom. The van der Waals surface area contributed by atoms with E-state index in [-0.39, 0.29) is 11.0 Å². The van der Waals surface area contributed by atoms with Gasteiger partial charge in [0.15, 0.2) is 0 Å². The van der Waals surface area contributed by atoms with Crippen molar-refractivity contribution in [1.82, 2.24) is 4.57 Å². The summed E-state index contributed by atoms with van der Waals surface area (Å²) in [6, 6.07) is 10.5. The van der Waals surface area contributed by atoms with Crippen LogP contribution in [0.1, 0.15) is 15.2 Å². The van der Waals surface area contributed by atoms with Crippen molar-refractivity contribution in [3.8, 4) is 0 Å². The minimum absolute atomic E-state index is 0.129. The molecule has 0 unspecified atom stereocenters. The number of benzene rings is 2. The minimum Gasteiger partial charge on any atom is -0.298 e. The topological polar surface area (TPSA) is 39.1 Å². The molecule has 1 heterocycles. The Kier molecular flexibility index (Phi) is 2.83. The smallest absolute Gasteiger partial charge is 0.298 e. The molecule has 2 aromatic carbocycles. The van der Waals surface area contributed by atoms with Gasteiger partial charge in [0.25, 0.3) is 0 Å². The first kappa shape index (κ1) is 13.4. The summed E-state index contributed by atoms with van der Waals surface area (Å²) in [5.74, 6) is -1.95. The van der Waals surface area contributed by atoms with Crippen molar-refractivity contribution >= 4 is 34.0 Å². The van der Waals surface area contributed by atoms with Crippen molar-refractivity contribution < 1.29 is 22.8 Å². The van der Waals surface area contributed by atoms with Gasteiger partial charge in [-0.25, -0.2) is 0 Å². The van der Waals surface area contributed by atoms with Crippen molar-refractivity contribution in [2.24, 2.45) is 0 Å². The lowest BCUT2D eigenvalue weighted by Crippen LogP contribution is -2.28. The van der Waals surface area contributed by atoms with Gasteiger partial charge in [0.1, 0.15) is 6.29 Å². The quantitative estimate of drug-likeness (QED) is 0.639. The molecule has 0 saturated heterocycles. The second kappa shape index (κ2) is 4.44. The third-order valence-electron chi connectivity index (χ3n) is 3.28. The Balaban J connectivity index is 2.46. The highest BCUT2D eigenvalue weighted by Crippen LogP contribution is 2.32. The lowest BCUT2D eigenvalue weighted by molar-refractivity contribution is -0.0939. The minimum atomic E-state index is -4.97. The summed E-state index contributed by atoms with van der Waals surface area (Å²) >= 11 is 0. The third-order valence-corrected chi connectivity index (χ3v) is 3.28. The van der Waals surface area contributed by atoms with Crippen LogP contribution in [0.2, 0.25) is 0 Å². The van der Waals surface area contributed by atoms with E-state index >= 15 is 0 Å². The van der Waals surface area contributed by atoms with E-state index in [1.807, 2.05) is 0 Å². The second-order valence-electron chi connectivity index (χ2n) is 4.55. The molecule has 0 spiro atoms. The van der Waals surface area contributed by atoms with Crippen LogP contribution in [0.3, 0.4) is 0 Å². The normalized spacial score (nSPS) is 12.0. The van der Waals surface area contributed by atoms with E-state index in [2.05, 4.69) is 0 Å². The Morgan fingerprint density at radius 1 is 1.00 bits per heavy atom. The summed E-state index contributed by atoms with van der Waals surface area (Å²) in [5, 5.41) is 0.932. The summed E-state index contributed by atoms with van der Waals surface area (Å²) in [5.41, 5.74) is 0.631. The van der Waals surface area contributed by atoms with Crippen molar-refractivity contribution in [1.29, 1.82) is 0 Å². The number of carbonyl (C=O) groups is 2. The fraction of sp³-hybridized carbons (Fsp3) is 0.0667. The zero-order valence-corrected chi connectivity index (χ0v) is 10.5. The molecule has 106 valence electrons. The number of aldehydes is 1. The van der Waals surface area contributed by atoms with Crippen LogP contribution < -0.4 is 0 Å². The highest BCUT2D eigenvalue weighted by Gasteiger charge is 2.41. The van der Waals surface area contributed by atoms with Crippen molar-refractivity contribution in [2.45, 2.75) is 6.18 Å². The first-order valence-electron chi connectivity index (χ1n) is 6.03. The van der Waals surface area contributed by atoms with Gasteiger partial charge in [-0.15, -0.1) is 0 Å². The number of hydrogen-bond acceptors (Lipinski definition) is 2. The van der Waals surface area contributed by atoms with Crippen LogP contribution in [0.5, 0.6) is 0 Å². The van der Waals surface area contributed by atoms with Crippen molar-refractivity contribution in [3.05, 3.63) is 48.0 Å². The Morgan fingerprint density at radius 2 is 1.67 bits per heavy atom. The molecule has 0 amide bonds. The SMILES string of the molecule is O=Cc1ccc2c(c1)c1ccccc1n2C(=O)C(F)(F)F. The van der Waals surface area contributed by atoms with E-state index in [0.717, 1.165) is 0 Å². The van der Waals surface area contributed by atoms with Gasteiger partial charge in [0.05, 0.1) is 11.0 Å². The zero-order chi connectivity index (χ0) is 15.2. The average Bonchev–Trinajstić information content (AvgIpc) is 2.79. The number of alkyl halides is 3. The van der Waals surface area contributed by atoms with Crippen LogP contribution in [-0.2, 0) is 0 Å². The summed E-state index contributed by atoms with van der Waals surface area (Å²) in [6.45, 7) is 0. The van der Waals surface area contributed by atoms with Crippen LogP contribution in [0.15, 0.2) is 42.5 Å². The Hall–Kier alpha value is -2.63. The number of halogens is 3. The Bertz CT molecular complexity index is 878. The molecule has 1 aromatic heterocycles. The molecule has 3 aromatic rings. The van der Waals surface area contributed by atoms with Gasteiger partial charge in [-0.2, -0.15) is 13.2 Å². The maximum atomic E-state index is 12.8. The van der Waals surface area contributed by atoms with Crippen LogP contribution in [0, 0.1) is 0 Å². The van der Waals surface area contributed by atoms with E-state index in [4.69, 9.17) is 0 Å². The highest BCUT2D eigenvalue weighted by atomic mass is 19.4. The van der Waals surface area contributed by atoms with Gasteiger partial charge in [-0.3, -0.25) is 14.2 Å². The molecule has 0 aliphatic heterocycles. The number of nitrogens with zero attached hydrogens (tertiary/aromatic N) is 1. The molecular weight excluding hydrogens is 283 g/mol. The standard InChI is InChI=1S/C15H8F3NO2/c16-15(17,18)14(21)19-12-4-2-1-3-10(12)11-7-9(8-20)5-6-13(11)19/h1-8H. The van der Waals surface area contributed by atoms with E-state index in [1.54, 1.807) is 18.2 Å². The van der Waals surface area contributed by atoms with E-state index in [9.17, 15) is 22.8 Å². The van der Waals surface area contributed by atoms with E-state index in [1.165, 1.54) is 24.3 Å². The largest absolute Gasteiger partial charge is 0.472 e. The highest BCUT2D eigenvalue weighted by molar-refractivity contribution is 6.14. The molecular formula is C15H8F3NO2. The van der Waals surface area contributed by atoms with Crippen molar-refractivity contribution in [2.75, 3.05) is 0 Å². The monoisotopic (exact) mass is 291 g/mol. The number of aromatic nitrogens is 1. The average molecular weight is 291 g/mol. The summed E-state index contributed by atoms with van der Waals surface area (Å²) < 4.78 is 39.0. The van der Waals surface area contributed by atoms with Gasteiger partial charge < -0.3 is 0 Å². The van der Waals surface area contributed by atoms with Crippen LogP contribution >= 0.6 is 0 Å². The fourth-order valence-corrected chi connectivity index (χ4v) is 2.41. The number of carbonyl (C=O) groups excluding carboxylic acids is 2. The molecule has 3 rings (SSSR count). The van der Waals surface area contributed by atoms with Gasteiger partial charge in [0.2, 0.25) is 0 Å². The third kappa shape index (κ3) is 1.99. The van der Waals surface area contributed by atoms with Crippen LogP contribution in [-0.4, -0.2) is 22.9 Å². The molecule has 0 bridgehead atoms. The molecule has 0 aliphatic rings. The van der Waals surface area contributed by atoms with Gasteiger partial charge >= 0.3 is 12.1 Å². The van der Waals surface area contributed by atoms with E-state index in [0.29, 0.717) is 27.2 Å². The molecule has 0 fully saturated rings. The molecule has 0 aliphatic carbocycles. The number of hydrogen-bond donors (Lipinski definition) is 0. The van der Waals surface area contributed by atoms with Gasteiger partial charge in [-0.05, 0) is 24.3 Å². The number of rotatable bonds is 1. The molecule has 0 saturated carbocycles. The fourth-order valence-electron chi connectivity index (χ4n) is 2.41. The van der Waals surface area contributed by atoms with E-state index < -0.39 is 12.1 Å². The Labute approximate surface area is 116 Å². The summed E-state index contributed by atoms with van der Waals surface area (Å²) in [7, 11) is 0. The lowest BCUT2D eigenvalue weighted by atomic mass is 10.1. The molecule has 0 N–H and O–H groups in total.